The number of anilines is 1. The minimum absolute atomic E-state index is 0.435. The third-order valence-corrected chi connectivity index (χ3v) is 2.77. The van der Waals surface area contributed by atoms with Gasteiger partial charge in [0.2, 0.25) is 5.88 Å². The highest BCUT2D eigenvalue weighted by Gasteiger charge is 2.08. The summed E-state index contributed by atoms with van der Waals surface area (Å²) in [5, 5.41) is 3.31. The van der Waals surface area contributed by atoms with Gasteiger partial charge in [-0.1, -0.05) is 13.8 Å². The number of hydrogen-bond donors (Lipinski definition) is 1. The third kappa shape index (κ3) is 3.34. The van der Waals surface area contributed by atoms with Crippen LogP contribution < -0.4 is 10.1 Å². The Balaban J connectivity index is 2.77. The van der Waals surface area contributed by atoms with Gasteiger partial charge in [-0.3, -0.25) is 0 Å². The van der Waals surface area contributed by atoms with Gasteiger partial charge in [-0.05, 0) is 28.8 Å². The number of aromatic nitrogens is 2. The van der Waals surface area contributed by atoms with Crippen molar-refractivity contribution in [3.8, 4) is 5.88 Å². The third-order valence-electron chi connectivity index (χ3n) is 2.23. The summed E-state index contributed by atoms with van der Waals surface area (Å²) in [6.45, 7) is 4.29. The standard InChI is InChI=1S/C10H16BrN3O/c1-4-7(5-2)13-8-6-12-9(11)10(14-8)15-3/h6-7H,4-5H2,1-3H3,(H,13,14). The highest BCUT2D eigenvalue weighted by atomic mass is 79.9. The van der Waals surface area contributed by atoms with E-state index in [-0.39, 0.29) is 0 Å². The molecule has 0 fully saturated rings. The van der Waals surface area contributed by atoms with Gasteiger partial charge >= 0.3 is 0 Å². The van der Waals surface area contributed by atoms with E-state index in [0.717, 1.165) is 18.7 Å². The number of rotatable bonds is 5. The van der Waals surface area contributed by atoms with Gasteiger partial charge in [0, 0.05) is 6.04 Å². The molecule has 1 rings (SSSR count). The zero-order valence-electron chi connectivity index (χ0n) is 9.25. The lowest BCUT2D eigenvalue weighted by Crippen LogP contribution is -2.18. The fraction of sp³-hybridized carbons (Fsp3) is 0.600. The van der Waals surface area contributed by atoms with E-state index in [0.29, 0.717) is 16.5 Å². The molecule has 1 aromatic rings. The second-order valence-electron chi connectivity index (χ2n) is 3.21. The highest BCUT2D eigenvalue weighted by molar-refractivity contribution is 9.10. The van der Waals surface area contributed by atoms with E-state index in [1.165, 1.54) is 0 Å². The second kappa shape index (κ2) is 5.90. The highest BCUT2D eigenvalue weighted by Crippen LogP contribution is 2.21. The van der Waals surface area contributed by atoms with Crippen molar-refractivity contribution < 1.29 is 4.74 Å². The lowest BCUT2D eigenvalue weighted by atomic mass is 10.2. The summed E-state index contributed by atoms with van der Waals surface area (Å²) in [5.74, 6) is 1.26. The van der Waals surface area contributed by atoms with Crippen molar-refractivity contribution in [3.63, 3.8) is 0 Å². The van der Waals surface area contributed by atoms with Crippen LogP contribution in [0, 0.1) is 0 Å². The van der Waals surface area contributed by atoms with Crippen molar-refractivity contribution in [1.82, 2.24) is 9.97 Å². The van der Waals surface area contributed by atoms with Gasteiger partial charge in [-0.2, -0.15) is 4.98 Å². The zero-order valence-corrected chi connectivity index (χ0v) is 10.8. The smallest absolute Gasteiger partial charge is 0.249 e. The first-order chi connectivity index (χ1) is 7.21. The molecule has 0 aliphatic carbocycles. The molecule has 0 aliphatic heterocycles. The van der Waals surface area contributed by atoms with Crippen molar-refractivity contribution in [2.45, 2.75) is 32.7 Å². The minimum atomic E-state index is 0.435. The molecule has 0 atom stereocenters. The van der Waals surface area contributed by atoms with Crippen molar-refractivity contribution >= 4 is 21.7 Å². The number of methoxy groups -OCH3 is 1. The average Bonchev–Trinajstić information content (AvgIpc) is 2.28. The lowest BCUT2D eigenvalue weighted by molar-refractivity contribution is 0.392. The Morgan fingerprint density at radius 3 is 2.67 bits per heavy atom. The van der Waals surface area contributed by atoms with Crippen LogP contribution >= 0.6 is 15.9 Å². The summed E-state index contributed by atoms with van der Waals surface area (Å²) in [4.78, 5) is 8.42. The van der Waals surface area contributed by atoms with Gasteiger partial charge in [0.15, 0.2) is 4.60 Å². The van der Waals surface area contributed by atoms with Gasteiger partial charge < -0.3 is 10.1 Å². The zero-order chi connectivity index (χ0) is 11.3. The molecular formula is C10H16BrN3O. The second-order valence-corrected chi connectivity index (χ2v) is 3.96. The quantitative estimate of drug-likeness (QED) is 0.896. The Morgan fingerprint density at radius 1 is 1.47 bits per heavy atom. The number of hydrogen-bond acceptors (Lipinski definition) is 4. The SMILES string of the molecule is CCC(CC)Nc1cnc(Br)c(OC)n1. The van der Waals surface area contributed by atoms with Gasteiger partial charge in [0.25, 0.3) is 0 Å². The largest absolute Gasteiger partial charge is 0.479 e. The first-order valence-electron chi connectivity index (χ1n) is 5.04. The van der Waals surface area contributed by atoms with Crippen molar-refractivity contribution in [1.29, 1.82) is 0 Å². The van der Waals surface area contributed by atoms with Crippen LogP contribution in [0.5, 0.6) is 5.88 Å². The van der Waals surface area contributed by atoms with E-state index >= 15 is 0 Å². The Labute approximate surface area is 98.6 Å². The van der Waals surface area contributed by atoms with Gasteiger partial charge in [-0.25, -0.2) is 4.98 Å². The van der Waals surface area contributed by atoms with Crippen LogP contribution in [0.3, 0.4) is 0 Å². The molecule has 1 N–H and O–H groups in total. The summed E-state index contributed by atoms with van der Waals surface area (Å²) in [7, 11) is 1.58. The molecule has 1 heterocycles. The molecule has 5 heteroatoms. The van der Waals surface area contributed by atoms with Crippen LogP contribution in [-0.4, -0.2) is 23.1 Å². The number of ether oxygens (including phenoxy) is 1. The predicted molar refractivity (Wildman–Crippen MR) is 64.3 cm³/mol. The molecule has 0 radical (unpaired) electrons. The minimum Gasteiger partial charge on any atom is -0.479 e. The van der Waals surface area contributed by atoms with Crippen LogP contribution in [0.25, 0.3) is 0 Å². The van der Waals surface area contributed by atoms with Gasteiger partial charge in [0.1, 0.15) is 5.82 Å². The Kier molecular flexibility index (Phi) is 4.81. The fourth-order valence-electron chi connectivity index (χ4n) is 1.26. The lowest BCUT2D eigenvalue weighted by Gasteiger charge is -2.15. The first-order valence-corrected chi connectivity index (χ1v) is 5.83. The number of nitrogens with zero attached hydrogens (tertiary/aromatic N) is 2. The van der Waals surface area contributed by atoms with E-state index in [1.54, 1.807) is 13.3 Å². The van der Waals surface area contributed by atoms with Crippen LogP contribution in [0.2, 0.25) is 0 Å². The molecule has 0 aliphatic rings. The topological polar surface area (TPSA) is 47.0 Å². The van der Waals surface area contributed by atoms with E-state index in [4.69, 9.17) is 4.74 Å². The Hall–Kier alpha value is -0.840. The average molecular weight is 274 g/mol. The molecule has 0 amide bonds. The molecule has 0 aromatic carbocycles. The number of nitrogens with one attached hydrogen (secondary N) is 1. The van der Waals surface area contributed by atoms with Crippen LogP contribution in [0.4, 0.5) is 5.82 Å². The number of halogens is 1. The predicted octanol–water partition coefficient (Wildman–Crippen LogP) is 2.85. The molecule has 0 unspecified atom stereocenters. The molecule has 0 spiro atoms. The summed E-state index contributed by atoms with van der Waals surface area (Å²) in [6.07, 6.45) is 3.83. The van der Waals surface area contributed by atoms with Crippen molar-refractivity contribution in [3.05, 3.63) is 10.8 Å². The Bertz CT molecular complexity index is 316. The first kappa shape index (κ1) is 12.2. The molecular weight excluding hydrogens is 258 g/mol. The van der Waals surface area contributed by atoms with Crippen molar-refractivity contribution in [2.75, 3.05) is 12.4 Å². The summed E-state index contributed by atoms with van der Waals surface area (Å²) >= 11 is 3.26. The molecule has 1 aromatic heterocycles. The van der Waals surface area contributed by atoms with E-state index < -0.39 is 0 Å². The Morgan fingerprint density at radius 2 is 2.13 bits per heavy atom. The summed E-state index contributed by atoms with van der Waals surface area (Å²) in [6, 6.07) is 0.435. The molecule has 0 saturated carbocycles. The monoisotopic (exact) mass is 273 g/mol. The molecule has 4 nitrogen and oxygen atoms in total. The van der Waals surface area contributed by atoms with Crippen LogP contribution in [0.1, 0.15) is 26.7 Å². The van der Waals surface area contributed by atoms with Crippen LogP contribution in [-0.2, 0) is 0 Å². The van der Waals surface area contributed by atoms with E-state index in [2.05, 4.69) is 45.1 Å². The van der Waals surface area contributed by atoms with Gasteiger partial charge in [0.05, 0.1) is 13.3 Å². The fourth-order valence-corrected chi connectivity index (χ4v) is 1.61. The van der Waals surface area contributed by atoms with E-state index in [9.17, 15) is 0 Å². The summed E-state index contributed by atoms with van der Waals surface area (Å²) in [5.41, 5.74) is 0. The van der Waals surface area contributed by atoms with E-state index in [1.807, 2.05) is 0 Å². The molecule has 84 valence electrons. The van der Waals surface area contributed by atoms with Crippen LogP contribution in [0.15, 0.2) is 10.8 Å². The maximum absolute atomic E-state index is 5.07. The van der Waals surface area contributed by atoms with Gasteiger partial charge in [-0.15, -0.1) is 0 Å². The maximum atomic E-state index is 5.07. The summed E-state index contributed by atoms with van der Waals surface area (Å²) < 4.78 is 5.70. The molecule has 0 bridgehead atoms. The molecule has 15 heavy (non-hydrogen) atoms. The normalized spacial score (nSPS) is 10.5. The maximum Gasteiger partial charge on any atom is 0.249 e. The molecule has 0 saturated heterocycles. The van der Waals surface area contributed by atoms with Crippen molar-refractivity contribution in [2.24, 2.45) is 0 Å².